The first kappa shape index (κ1) is 13.4. The predicted molar refractivity (Wildman–Crippen MR) is 74.3 cm³/mol. The molecule has 2 N–H and O–H groups in total. The van der Waals surface area contributed by atoms with Crippen molar-refractivity contribution in [3.05, 3.63) is 0 Å². The molecule has 2 fully saturated rings. The van der Waals surface area contributed by atoms with Crippen LogP contribution in [0.5, 0.6) is 0 Å². The molecule has 0 atom stereocenters. The summed E-state index contributed by atoms with van der Waals surface area (Å²) < 4.78 is 0. The maximum Gasteiger partial charge on any atom is 0.000889 e. The third kappa shape index (κ3) is 3.03. The molecule has 2 heteroatoms. The van der Waals surface area contributed by atoms with E-state index in [4.69, 9.17) is 0 Å². The van der Waals surface area contributed by atoms with Crippen molar-refractivity contribution in [2.75, 3.05) is 26.2 Å². The second-order valence-corrected chi connectivity index (χ2v) is 6.41. The van der Waals surface area contributed by atoms with Gasteiger partial charge in [-0.15, -0.1) is 0 Å². The van der Waals surface area contributed by atoms with E-state index >= 15 is 0 Å². The summed E-state index contributed by atoms with van der Waals surface area (Å²) in [5.74, 6) is 0. The zero-order valence-electron chi connectivity index (χ0n) is 11.8. The summed E-state index contributed by atoms with van der Waals surface area (Å²) in [7, 11) is 0. The van der Waals surface area contributed by atoms with Gasteiger partial charge in [0.2, 0.25) is 0 Å². The van der Waals surface area contributed by atoms with Crippen molar-refractivity contribution in [1.29, 1.82) is 0 Å². The van der Waals surface area contributed by atoms with Crippen molar-refractivity contribution in [3.8, 4) is 0 Å². The van der Waals surface area contributed by atoms with Gasteiger partial charge in [-0.3, -0.25) is 0 Å². The third-order valence-corrected chi connectivity index (χ3v) is 5.58. The van der Waals surface area contributed by atoms with Gasteiger partial charge in [-0.05, 0) is 62.4 Å². The molecule has 0 unspecified atom stereocenters. The topological polar surface area (TPSA) is 24.1 Å². The number of hydrogen-bond donors (Lipinski definition) is 2. The zero-order valence-corrected chi connectivity index (χ0v) is 11.8. The Balaban J connectivity index is 1.75. The predicted octanol–water partition coefficient (Wildman–Crippen LogP) is 2.94. The van der Waals surface area contributed by atoms with E-state index < -0.39 is 0 Å². The van der Waals surface area contributed by atoms with Crippen molar-refractivity contribution in [2.45, 2.75) is 58.8 Å². The van der Waals surface area contributed by atoms with Crippen LogP contribution in [0, 0.1) is 10.8 Å². The minimum Gasteiger partial charge on any atom is -0.317 e. The van der Waals surface area contributed by atoms with E-state index in [0.29, 0.717) is 10.8 Å². The standard InChI is InChI=1S/C15H30N2/c1-3-14(6-5-7-14)12-17-13-15(4-2)8-10-16-11-9-15/h16-17H,3-13H2,1-2H3. The van der Waals surface area contributed by atoms with Crippen LogP contribution >= 0.6 is 0 Å². The Hall–Kier alpha value is -0.0800. The number of rotatable bonds is 6. The molecule has 1 aliphatic carbocycles. The highest BCUT2D eigenvalue weighted by Gasteiger charge is 2.36. The summed E-state index contributed by atoms with van der Waals surface area (Å²) in [6, 6.07) is 0. The first-order valence-corrected chi connectivity index (χ1v) is 7.66. The quantitative estimate of drug-likeness (QED) is 0.743. The Labute approximate surface area is 107 Å². The molecule has 1 saturated carbocycles. The van der Waals surface area contributed by atoms with Gasteiger partial charge >= 0.3 is 0 Å². The van der Waals surface area contributed by atoms with E-state index in [-0.39, 0.29) is 0 Å². The maximum absolute atomic E-state index is 3.81. The van der Waals surface area contributed by atoms with E-state index in [1.54, 1.807) is 0 Å². The lowest BCUT2D eigenvalue weighted by Gasteiger charge is -2.43. The highest BCUT2D eigenvalue weighted by molar-refractivity contribution is 4.91. The second-order valence-electron chi connectivity index (χ2n) is 6.41. The van der Waals surface area contributed by atoms with E-state index in [1.165, 1.54) is 71.1 Å². The first-order valence-electron chi connectivity index (χ1n) is 7.66. The molecule has 17 heavy (non-hydrogen) atoms. The van der Waals surface area contributed by atoms with Crippen LogP contribution in [-0.4, -0.2) is 26.2 Å². The summed E-state index contributed by atoms with van der Waals surface area (Å²) in [5, 5.41) is 7.30. The fourth-order valence-corrected chi connectivity index (χ4v) is 3.54. The van der Waals surface area contributed by atoms with Gasteiger partial charge < -0.3 is 10.6 Å². The molecule has 0 aromatic carbocycles. The minimum atomic E-state index is 0.587. The Morgan fingerprint density at radius 2 is 1.41 bits per heavy atom. The fraction of sp³-hybridized carbons (Fsp3) is 1.00. The summed E-state index contributed by atoms with van der Waals surface area (Å²) in [6.45, 7) is 9.67. The Kier molecular flexibility index (Phi) is 4.48. The summed E-state index contributed by atoms with van der Waals surface area (Å²) in [4.78, 5) is 0. The molecule has 0 amide bonds. The van der Waals surface area contributed by atoms with Gasteiger partial charge in [0.15, 0.2) is 0 Å². The van der Waals surface area contributed by atoms with Crippen LogP contribution in [-0.2, 0) is 0 Å². The highest BCUT2D eigenvalue weighted by Crippen LogP contribution is 2.43. The van der Waals surface area contributed by atoms with Crippen LogP contribution in [0.15, 0.2) is 0 Å². The molecule has 0 aromatic rings. The molecule has 0 bridgehead atoms. The van der Waals surface area contributed by atoms with Gasteiger partial charge in [-0.2, -0.15) is 0 Å². The average molecular weight is 238 g/mol. The van der Waals surface area contributed by atoms with Crippen molar-refractivity contribution in [2.24, 2.45) is 10.8 Å². The van der Waals surface area contributed by atoms with Crippen molar-refractivity contribution in [3.63, 3.8) is 0 Å². The molecule has 0 aromatic heterocycles. The Morgan fingerprint density at radius 1 is 0.882 bits per heavy atom. The lowest BCUT2D eigenvalue weighted by molar-refractivity contribution is 0.108. The Morgan fingerprint density at radius 3 is 1.82 bits per heavy atom. The minimum absolute atomic E-state index is 0.587. The summed E-state index contributed by atoms with van der Waals surface area (Å²) >= 11 is 0. The van der Waals surface area contributed by atoms with Crippen molar-refractivity contribution in [1.82, 2.24) is 10.6 Å². The lowest BCUT2D eigenvalue weighted by Crippen LogP contribution is -2.46. The maximum atomic E-state index is 3.81. The normalized spacial score (nSPS) is 26.5. The molecule has 0 radical (unpaired) electrons. The van der Waals surface area contributed by atoms with Gasteiger partial charge in [0, 0.05) is 13.1 Å². The number of nitrogens with one attached hydrogen (secondary N) is 2. The summed E-state index contributed by atoms with van der Waals surface area (Å²) in [6.07, 6.45) is 9.78. The van der Waals surface area contributed by atoms with Crippen LogP contribution in [0.4, 0.5) is 0 Å². The SMILES string of the molecule is CCC1(CNCC2(CC)CCNCC2)CCC1. The molecule has 2 rings (SSSR count). The van der Waals surface area contributed by atoms with Gasteiger partial charge in [0.25, 0.3) is 0 Å². The van der Waals surface area contributed by atoms with Crippen LogP contribution in [0.1, 0.15) is 58.8 Å². The molecular weight excluding hydrogens is 208 g/mol. The van der Waals surface area contributed by atoms with Crippen LogP contribution in [0.2, 0.25) is 0 Å². The van der Waals surface area contributed by atoms with Crippen LogP contribution in [0.25, 0.3) is 0 Å². The fourth-order valence-electron chi connectivity index (χ4n) is 3.54. The van der Waals surface area contributed by atoms with Crippen LogP contribution < -0.4 is 10.6 Å². The lowest BCUT2D eigenvalue weighted by atomic mass is 9.67. The van der Waals surface area contributed by atoms with E-state index in [1.807, 2.05) is 0 Å². The average Bonchev–Trinajstić information content (AvgIpc) is 2.34. The van der Waals surface area contributed by atoms with Gasteiger partial charge in [-0.25, -0.2) is 0 Å². The van der Waals surface area contributed by atoms with Crippen molar-refractivity contribution >= 4 is 0 Å². The molecule has 0 spiro atoms. The highest BCUT2D eigenvalue weighted by atomic mass is 14.9. The van der Waals surface area contributed by atoms with Crippen molar-refractivity contribution < 1.29 is 0 Å². The zero-order chi connectivity index (χ0) is 12.2. The van der Waals surface area contributed by atoms with Gasteiger partial charge in [0.1, 0.15) is 0 Å². The Bertz CT molecular complexity index is 222. The largest absolute Gasteiger partial charge is 0.317 e. The smallest absolute Gasteiger partial charge is 0.000889 e. The monoisotopic (exact) mass is 238 g/mol. The molecule has 1 saturated heterocycles. The number of piperidine rings is 1. The molecule has 2 aliphatic rings. The molecule has 100 valence electrons. The molecule has 1 heterocycles. The van der Waals surface area contributed by atoms with Gasteiger partial charge in [0.05, 0.1) is 0 Å². The van der Waals surface area contributed by atoms with Gasteiger partial charge in [-0.1, -0.05) is 20.3 Å². The molecule has 2 nitrogen and oxygen atoms in total. The van der Waals surface area contributed by atoms with E-state index in [2.05, 4.69) is 24.5 Å². The number of hydrogen-bond acceptors (Lipinski definition) is 2. The molecule has 1 aliphatic heterocycles. The van der Waals surface area contributed by atoms with E-state index in [9.17, 15) is 0 Å². The molecular formula is C15H30N2. The van der Waals surface area contributed by atoms with E-state index in [0.717, 1.165) is 0 Å². The first-order chi connectivity index (χ1) is 8.24. The van der Waals surface area contributed by atoms with Crippen LogP contribution in [0.3, 0.4) is 0 Å². The summed E-state index contributed by atoms with van der Waals surface area (Å²) in [5.41, 5.74) is 1.26. The second kappa shape index (κ2) is 5.71. The third-order valence-electron chi connectivity index (χ3n) is 5.58.